The molecule has 1 N–H and O–H groups in total. The van der Waals surface area contributed by atoms with Crippen molar-refractivity contribution in [1.29, 1.82) is 0 Å². The Labute approximate surface area is 182 Å². The first-order valence-corrected chi connectivity index (χ1v) is 12.2. The van der Waals surface area contributed by atoms with Crippen molar-refractivity contribution in [2.24, 2.45) is 0 Å². The molecule has 1 heterocycles. The van der Waals surface area contributed by atoms with Gasteiger partial charge in [-0.2, -0.15) is 0 Å². The number of nitrogens with one attached hydrogen (secondary N) is 1. The van der Waals surface area contributed by atoms with Crippen LogP contribution in [0.15, 0.2) is 52.9 Å². The summed E-state index contributed by atoms with van der Waals surface area (Å²) in [4.78, 5) is 16.9. The molecule has 1 aliphatic carbocycles. The van der Waals surface area contributed by atoms with Crippen LogP contribution in [-0.2, 0) is 26.8 Å². The van der Waals surface area contributed by atoms with Gasteiger partial charge in [-0.1, -0.05) is 42.0 Å². The van der Waals surface area contributed by atoms with Crippen LogP contribution in [0.25, 0.3) is 11.5 Å². The Morgan fingerprint density at radius 3 is 2.65 bits per heavy atom. The lowest BCUT2D eigenvalue weighted by atomic mass is 9.88. The molecule has 0 aliphatic heterocycles. The molecule has 1 amide bonds. The zero-order chi connectivity index (χ0) is 22.0. The second-order valence-corrected chi connectivity index (χ2v) is 10.2. The molecule has 1 aliphatic rings. The van der Waals surface area contributed by atoms with E-state index in [-0.39, 0.29) is 11.8 Å². The van der Waals surface area contributed by atoms with Gasteiger partial charge in [-0.25, -0.2) is 13.4 Å². The van der Waals surface area contributed by atoms with Gasteiger partial charge in [0, 0.05) is 5.56 Å². The third-order valence-corrected chi connectivity index (χ3v) is 7.02. The molecule has 3 aromatic rings. The molecule has 4 rings (SSSR count). The molecule has 0 bridgehead atoms. The molecule has 0 saturated heterocycles. The maximum Gasteiger partial charge on any atom is 0.235 e. The number of aryl methyl sites for hydroxylation is 3. The number of hydrogen-bond acceptors (Lipinski definition) is 5. The fourth-order valence-corrected chi connectivity index (χ4v) is 5.25. The van der Waals surface area contributed by atoms with Crippen LogP contribution in [0.3, 0.4) is 0 Å². The predicted molar refractivity (Wildman–Crippen MR) is 119 cm³/mol. The molecule has 1 atom stereocenters. The lowest BCUT2D eigenvalue weighted by Gasteiger charge is -2.26. The van der Waals surface area contributed by atoms with Gasteiger partial charge in [-0.15, -0.1) is 0 Å². The van der Waals surface area contributed by atoms with Crippen molar-refractivity contribution in [3.63, 3.8) is 0 Å². The highest BCUT2D eigenvalue weighted by Crippen LogP contribution is 2.29. The number of benzene rings is 2. The standard InChI is InChI=1S/C24H26N2O4S/c1-16-10-12-19(13-11-16)24-26-22(17(2)30-24)14-31(28,29)15-23(27)25-21-9-5-7-18-6-3-4-8-20(18)21/h3-4,6,8,10-13,21H,5,7,9,14-15H2,1-2H3,(H,25,27)/t21-/m0/s1. The van der Waals surface area contributed by atoms with Crippen LogP contribution in [0.4, 0.5) is 0 Å². The van der Waals surface area contributed by atoms with Crippen LogP contribution >= 0.6 is 0 Å². The number of hydrogen-bond donors (Lipinski definition) is 1. The molecule has 1 aromatic heterocycles. The molecule has 0 fully saturated rings. The number of carbonyl (C=O) groups excluding carboxylic acids is 1. The van der Waals surface area contributed by atoms with Crippen molar-refractivity contribution in [2.45, 2.75) is 44.9 Å². The SMILES string of the molecule is Cc1ccc(-c2nc(CS(=O)(=O)CC(=O)N[C@H]3CCCc4ccccc43)c(C)o2)cc1. The summed E-state index contributed by atoms with van der Waals surface area (Å²) in [6, 6.07) is 15.5. The van der Waals surface area contributed by atoms with Gasteiger partial charge in [0.25, 0.3) is 0 Å². The summed E-state index contributed by atoms with van der Waals surface area (Å²) >= 11 is 0. The summed E-state index contributed by atoms with van der Waals surface area (Å²) in [6.07, 6.45) is 2.76. The quantitative estimate of drug-likeness (QED) is 0.627. The van der Waals surface area contributed by atoms with Gasteiger partial charge >= 0.3 is 0 Å². The molecular weight excluding hydrogens is 412 g/mol. The Balaban J connectivity index is 1.43. The fourth-order valence-electron chi connectivity index (χ4n) is 3.98. The van der Waals surface area contributed by atoms with Crippen molar-refractivity contribution in [3.8, 4) is 11.5 Å². The van der Waals surface area contributed by atoms with Gasteiger partial charge in [0.2, 0.25) is 11.8 Å². The van der Waals surface area contributed by atoms with E-state index in [2.05, 4.69) is 16.4 Å². The van der Waals surface area contributed by atoms with E-state index in [0.29, 0.717) is 17.3 Å². The molecule has 2 aromatic carbocycles. The highest BCUT2D eigenvalue weighted by Gasteiger charge is 2.26. The van der Waals surface area contributed by atoms with Crippen LogP contribution in [-0.4, -0.2) is 25.1 Å². The highest BCUT2D eigenvalue weighted by atomic mass is 32.2. The van der Waals surface area contributed by atoms with Crippen molar-refractivity contribution >= 4 is 15.7 Å². The van der Waals surface area contributed by atoms with Gasteiger partial charge < -0.3 is 9.73 Å². The topological polar surface area (TPSA) is 89.3 Å². The molecule has 0 unspecified atom stereocenters. The molecule has 0 radical (unpaired) electrons. The summed E-state index contributed by atoms with van der Waals surface area (Å²) in [5.41, 5.74) is 4.53. The van der Waals surface area contributed by atoms with Gasteiger partial charge in [-0.05, 0) is 56.4 Å². The zero-order valence-corrected chi connectivity index (χ0v) is 18.5. The first-order chi connectivity index (χ1) is 14.8. The number of fused-ring (bicyclic) bond motifs is 1. The van der Waals surface area contributed by atoms with Crippen LogP contribution in [0.2, 0.25) is 0 Å². The maximum atomic E-state index is 12.7. The Hall–Kier alpha value is -2.93. The second kappa shape index (κ2) is 8.67. The summed E-state index contributed by atoms with van der Waals surface area (Å²) in [7, 11) is -3.69. The number of rotatable bonds is 6. The average Bonchev–Trinajstić information content (AvgIpc) is 3.08. The number of aromatic nitrogens is 1. The molecule has 31 heavy (non-hydrogen) atoms. The first-order valence-electron chi connectivity index (χ1n) is 10.4. The lowest BCUT2D eigenvalue weighted by Crippen LogP contribution is -2.35. The molecule has 0 saturated carbocycles. The van der Waals surface area contributed by atoms with E-state index < -0.39 is 21.5 Å². The smallest absolute Gasteiger partial charge is 0.235 e. The van der Waals surface area contributed by atoms with Crippen LogP contribution in [0.1, 0.15) is 47.0 Å². The first kappa shape index (κ1) is 21.3. The molecular formula is C24H26N2O4S. The molecule has 7 heteroatoms. The normalized spacial score (nSPS) is 16.0. The Morgan fingerprint density at radius 1 is 1.13 bits per heavy atom. The van der Waals surface area contributed by atoms with Crippen LogP contribution < -0.4 is 5.32 Å². The number of carbonyl (C=O) groups is 1. The number of sulfone groups is 1. The molecule has 6 nitrogen and oxygen atoms in total. The van der Waals surface area contributed by atoms with Crippen LogP contribution in [0.5, 0.6) is 0 Å². The minimum atomic E-state index is -3.69. The zero-order valence-electron chi connectivity index (χ0n) is 17.7. The van der Waals surface area contributed by atoms with Gasteiger partial charge in [0.05, 0.1) is 17.5 Å². The minimum absolute atomic E-state index is 0.144. The fraction of sp³-hybridized carbons (Fsp3) is 0.333. The highest BCUT2D eigenvalue weighted by molar-refractivity contribution is 7.91. The van der Waals surface area contributed by atoms with E-state index in [1.807, 2.05) is 49.4 Å². The number of oxazole rings is 1. The molecule has 162 valence electrons. The van der Waals surface area contributed by atoms with Crippen LogP contribution in [0, 0.1) is 13.8 Å². The summed E-state index contributed by atoms with van der Waals surface area (Å²) in [6.45, 7) is 3.67. The minimum Gasteiger partial charge on any atom is -0.441 e. The van der Waals surface area contributed by atoms with Gasteiger partial charge in [0.1, 0.15) is 11.5 Å². The predicted octanol–water partition coefficient (Wildman–Crippen LogP) is 4.07. The molecule has 0 spiro atoms. The monoisotopic (exact) mass is 438 g/mol. The number of amides is 1. The summed E-state index contributed by atoms with van der Waals surface area (Å²) in [5.74, 6) is -0.561. The van der Waals surface area contributed by atoms with E-state index in [0.717, 1.165) is 36.0 Å². The lowest BCUT2D eigenvalue weighted by molar-refractivity contribution is -0.119. The summed E-state index contributed by atoms with van der Waals surface area (Å²) in [5, 5.41) is 2.91. The summed E-state index contributed by atoms with van der Waals surface area (Å²) < 4.78 is 31.1. The Kier molecular flexibility index (Phi) is 5.96. The maximum absolute atomic E-state index is 12.7. The third kappa shape index (κ3) is 5.05. The Morgan fingerprint density at radius 2 is 1.87 bits per heavy atom. The van der Waals surface area contributed by atoms with E-state index in [1.54, 1.807) is 6.92 Å². The second-order valence-electron chi connectivity index (χ2n) is 8.13. The third-order valence-electron chi connectivity index (χ3n) is 5.60. The average molecular weight is 439 g/mol. The van der Waals surface area contributed by atoms with Crippen molar-refractivity contribution in [3.05, 3.63) is 76.7 Å². The van der Waals surface area contributed by atoms with Gasteiger partial charge in [0.15, 0.2) is 9.84 Å². The van der Waals surface area contributed by atoms with E-state index in [9.17, 15) is 13.2 Å². The van der Waals surface area contributed by atoms with E-state index >= 15 is 0 Å². The number of nitrogens with zero attached hydrogens (tertiary/aromatic N) is 1. The largest absolute Gasteiger partial charge is 0.441 e. The van der Waals surface area contributed by atoms with Crippen molar-refractivity contribution < 1.29 is 17.6 Å². The van der Waals surface area contributed by atoms with Gasteiger partial charge in [-0.3, -0.25) is 4.79 Å². The van der Waals surface area contributed by atoms with E-state index in [1.165, 1.54) is 5.56 Å². The van der Waals surface area contributed by atoms with E-state index in [4.69, 9.17) is 4.42 Å². The van der Waals surface area contributed by atoms with Crippen molar-refractivity contribution in [2.75, 3.05) is 5.75 Å². The Bertz CT molecular complexity index is 1200. The van der Waals surface area contributed by atoms with Crippen molar-refractivity contribution in [1.82, 2.24) is 10.3 Å².